The molecule has 0 aliphatic carbocycles. The third-order valence-electron chi connectivity index (χ3n) is 3.89. The van der Waals surface area contributed by atoms with Crippen molar-refractivity contribution in [2.75, 3.05) is 13.7 Å². The Hall–Kier alpha value is -1.83. The molecular weight excluding hydrogens is 328 g/mol. The summed E-state index contributed by atoms with van der Waals surface area (Å²) >= 11 is 0. The molecule has 1 fully saturated rings. The summed E-state index contributed by atoms with van der Waals surface area (Å²) in [5, 5.41) is 4.00. The zero-order chi connectivity index (χ0) is 19.0. The molecular formula is C17H28N2O6. The van der Waals surface area contributed by atoms with E-state index >= 15 is 0 Å². The van der Waals surface area contributed by atoms with Crippen LogP contribution in [0.1, 0.15) is 48.0 Å². The Morgan fingerprint density at radius 1 is 1.20 bits per heavy atom. The van der Waals surface area contributed by atoms with Crippen molar-refractivity contribution in [1.29, 1.82) is 0 Å². The molecule has 0 radical (unpaired) electrons. The lowest BCUT2D eigenvalue weighted by molar-refractivity contribution is -0.152. The third kappa shape index (κ3) is 4.42. The number of esters is 1. The average Bonchev–Trinajstić information content (AvgIpc) is 3.10. The molecule has 2 aliphatic rings. The van der Waals surface area contributed by atoms with Gasteiger partial charge in [0.05, 0.1) is 19.4 Å². The molecule has 3 atom stereocenters. The minimum atomic E-state index is -0.783. The Balaban J connectivity index is 2.22. The number of rotatable bonds is 2. The first-order chi connectivity index (χ1) is 11.4. The molecule has 0 N–H and O–H groups in total. The molecule has 1 amide bonds. The topological polar surface area (TPSA) is 86.7 Å². The van der Waals surface area contributed by atoms with Gasteiger partial charge in [-0.05, 0) is 20.8 Å². The van der Waals surface area contributed by atoms with Crippen LogP contribution in [0.4, 0.5) is 4.79 Å². The molecule has 25 heavy (non-hydrogen) atoms. The van der Waals surface area contributed by atoms with Crippen LogP contribution in [0.2, 0.25) is 0 Å². The molecule has 0 saturated carbocycles. The molecule has 0 spiro atoms. The van der Waals surface area contributed by atoms with Gasteiger partial charge in [-0.2, -0.15) is 0 Å². The van der Waals surface area contributed by atoms with Crippen molar-refractivity contribution >= 4 is 17.8 Å². The monoisotopic (exact) mass is 356 g/mol. The van der Waals surface area contributed by atoms with Crippen molar-refractivity contribution < 1.29 is 28.6 Å². The van der Waals surface area contributed by atoms with Gasteiger partial charge in [-0.3, -0.25) is 4.90 Å². The number of carbonyl (C=O) groups excluding carboxylic acids is 2. The Labute approximate surface area is 148 Å². The Morgan fingerprint density at radius 2 is 1.84 bits per heavy atom. The number of hydrogen-bond acceptors (Lipinski definition) is 7. The zero-order valence-corrected chi connectivity index (χ0v) is 16.0. The Morgan fingerprint density at radius 3 is 2.36 bits per heavy atom. The second-order valence-electron chi connectivity index (χ2n) is 8.36. The van der Waals surface area contributed by atoms with E-state index in [9.17, 15) is 9.59 Å². The van der Waals surface area contributed by atoms with Gasteiger partial charge in [0.2, 0.25) is 6.10 Å². The first kappa shape index (κ1) is 19.5. The van der Waals surface area contributed by atoms with Gasteiger partial charge in [0.15, 0.2) is 0 Å². The number of oxime groups is 1. The molecule has 2 heterocycles. The SMILES string of the molecule is COC(=O)[C@@H]1CC([C@@H]2CO[C@H](C(C)(C)C)N2C(=O)OC(C)(C)C)=NO1. The first-order valence-corrected chi connectivity index (χ1v) is 8.37. The second kappa shape index (κ2) is 6.82. The van der Waals surface area contributed by atoms with E-state index in [1.165, 1.54) is 7.11 Å². The summed E-state index contributed by atoms with van der Waals surface area (Å²) in [6, 6.07) is -0.436. The van der Waals surface area contributed by atoms with Crippen molar-refractivity contribution in [2.24, 2.45) is 10.6 Å². The number of carbonyl (C=O) groups is 2. The fraction of sp³-hybridized carbons (Fsp3) is 0.824. The van der Waals surface area contributed by atoms with Crippen molar-refractivity contribution in [3.8, 4) is 0 Å². The van der Waals surface area contributed by atoms with Crippen LogP contribution in [0.25, 0.3) is 0 Å². The summed E-state index contributed by atoms with van der Waals surface area (Å²) in [6.07, 6.45) is -1.46. The van der Waals surface area contributed by atoms with Crippen LogP contribution in [0.5, 0.6) is 0 Å². The Bertz CT molecular complexity index is 560. The number of amides is 1. The second-order valence-corrected chi connectivity index (χ2v) is 8.36. The molecule has 142 valence electrons. The molecule has 1 saturated heterocycles. The fourth-order valence-electron chi connectivity index (χ4n) is 2.82. The number of methoxy groups -OCH3 is 1. The maximum absolute atomic E-state index is 12.8. The van der Waals surface area contributed by atoms with Crippen LogP contribution in [-0.2, 0) is 23.8 Å². The van der Waals surface area contributed by atoms with Gasteiger partial charge in [-0.25, -0.2) is 9.59 Å². The van der Waals surface area contributed by atoms with Gasteiger partial charge in [-0.15, -0.1) is 0 Å². The first-order valence-electron chi connectivity index (χ1n) is 8.37. The lowest BCUT2D eigenvalue weighted by Crippen LogP contribution is -2.51. The zero-order valence-electron chi connectivity index (χ0n) is 16.0. The summed E-state index contributed by atoms with van der Waals surface area (Å²) in [6.45, 7) is 11.7. The van der Waals surface area contributed by atoms with Crippen LogP contribution >= 0.6 is 0 Å². The highest BCUT2D eigenvalue weighted by Gasteiger charge is 2.49. The summed E-state index contributed by atoms with van der Waals surface area (Å²) in [4.78, 5) is 31.2. The van der Waals surface area contributed by atoms with Crippen molar-refractivity contribution in [1.82, 2.24) is 4.90 Å². The van der Waals surface area contributed by atoms with E-state index < -0.39 is 36.0 Å². The molecule has 2 rings (SSSR count). The van der Waals surface area contributed by atoms with Gasteiger partial charge in [0, 0.05) is 11.8 Å². The summed E-state index contributed by atoms with van der Waals surface area (Å²) in [5.41, 5.74) is -0.365. The van der Waals surface area contributed by atoms with Crippen LogP contribution in [-0.4, -0.2) is 60.4 Å². The maximum atomic E-state index is 12.8. The largest absolute Gasteiger partial charge is 0.466 e. The van der Waals surface area contributed by atoms with Gasteiger partial charge in [0.1, 0.15) is 17.9 Å². The van der Waals surface area contributed by atoms with E-state index in [1.807, 2.05) is 41.5 Å². The van der Waals surface area contributed by atoms with Gasteiger partial charge < -0.3 is 19.0 Å². The van der Waals surface area contributed by atoms with E-state index in [1.54, 1.807) is 4.90 Å². The quantitative estimate of drug-likeness (QED) is 0.706. The van der Waals surface area contributed by atoms with Crippen molar-refractivity contribution in [3.63, 3.8) is 0 Å². The van der Waals surface area contributed by atoms with E-state index in [0.717, 1.165) is 0 Å². The van der Waals surface area contributed by atoms with Crippen molar-refractivity contribution in [3.05, 3.63) is 0 Å². The molecule has 8 nitrogen and oxygen atoms in total. The highest BCUT2D eigenvalue weighted by molar-refractivity contribution is 5.96. The van der Waals surface area contributed by atoms with E-state index in [4.69, 9.17) is 14.3 Å². The fourth-order valence-corrected chi connectivity index (χ4v) is 2.82. The minimum absolute atomic E-state index is 0.261. The van der Waals surface area contributed by atoms with Crippen LogP contribution < -0.4 is 0 Å². The molecule has 8 heteroatoms. The van der Waals surface area contributed by atoms with E-state index in [0.29, 0.717) is 5.71 Å². The lowest BCUT2D eigenvalue weighted by Gasteiger charge is -2.36. The number of nitrogens with zero attached hydrogens (tertiary/aromatic N) is 2. The van der Waals surface area contributed by atoms with Crippen LogP contribution in [0.15, 0.2) is 5.16 Å². The van der Waals surface area contributed by atoms with Crippen LogP contribution in [0.3, 0.4) is 0 Å². The molecule has 0 aromatic carbocycles. The molecule has 0 unspecified atom stereocenters. The predicted octanol–water partition coefficient (Wildman–Crippen LogP) is 2.31. The van der Waals surface area contributed by atoms with E-state index in [2.05, 4.69) is 9.89 Å². The molecule has 0 aromatic heterocycles. The summed E-state index contributed by atoms with van der Waals surface area (Å²) in [7, 11) is 1.30. The predicted molar refractivity (Wildman–Crippen MR) is 90.0 cm³/mol. The van der Waals surface area contributed by atoms with Gasteiger partial charge in [-0.1, -0.05) is 25.9 Å². The highest BCUT2D eigenvalue weighted by atomic mass is 16.7. The lowest BCUT2D eigenvalue weighted by atomic mass is 9.93. The van der Waals surface area contributed by atoms with Crippen molar-refractivity contribution in [2.45, 2.75) is 71.9 Å². The number of hydrogen-bond donors (Lipinski definition) is 0. The number of ether oxygens (including phenoxy) is 3. The van der Waals surface area contributed by atoms with E-state index in [-0.39, 0.29) is 18.4 Å². The maximum Gasteiger partial charge on any atom is 0.413 e. The summed E-state index contributed by atoms with van der Waals surface area (Å²) in [5.74, 6) is -0.492. The standard InChI is InChI=1S/C17H28N2O6/c1-16(2,3)14-19(15(21)24-17(4,5)6)11(9-23-14)10-8-12(25-18-10)13(20)22-7/h11-12,14H,8-9H2,1-7H3/t11-,12-,14+/m0/s1. The smallest absolute Gasteiger partial charge is 0.413 e. The van der Waals surface area contributed by atoms with Gasteiger partial charge >= 0.3 is 12.1 Å². The summed E-state index contributed by atoms with van der Waals surface area (Å²) < 4.78 is 16.1. The molecule has 2 aliphatic heterocycles. The third-order valence-corrected chi connectivity index (χ3v) is 3.89. The highest BCUT2D eigenvalue weighted by Crippen LogP contribution is 2.35. The van der Waals surface area contributed by atoms with Gasteiger partial charge in [0.25, 0.3) is 0 Å². The normalized spacial score (nSPS) is 26.9. The molecule has 0 bridgehead atoms. The minimum Gasteiger partial charge on any atom is -0.466 e. The van der Waals surface area contributed by atoms with Crippen LogP contribution in [0, 0.1) is 5.41 Å². The molecule has 0 aromatic rings. The Kier molecular flexibility index (Phi) is 5.32. The average molecular weight is 356 g/mol.